The van der Waals surface area contributed by atoms with Gasteiger partial charge in [-0.3, -0.25) is 0 Å². The van der Waals surface area contributed by atoms with E-state index in [1.807, 2.05) is 47.0 Å². The second-order valence-corrected chi connectivity index (χ2v) is 16.6. The van der Waals surface area contributed by atoms with Gasteiger partial charge in [0.2, 0.25) is 0 Å². The third kappa shape index (κ3) is 12.4. The molecule has 0 heterocycles. The molecule has 0 aliphatic rings. The molecule has 0 radical (unpaired) electrons. The topological polar surface area (TPSA) is 18.5 Å². The molecule has 0 amide bonds. The molecule has 0 unspecified atom stereocenters. The van der Waals surface area contributed by atoms with E-state index in [0.29, 0.717) is 0 Å². The highest BCUT2D eigenvalue weighted by atomic mass is 32.2. The summed E-state index contributed by atoms with van der Waals surface area (Å²) in [6.45, 7) is 1.46. The Balaban J connectivity index is 1.46. The number of hydrogen-bond donors (Lipinski definition) is 2. The van der Waals surface area contributed by atoms with Crippen molar-refractivity contribution in [3.05, 3.63) is 131 Å². The van der Waals surface area contributed by atoms with Crippen molar-refractivity contribution >= 4 is 72.3 Å². The lowest BCUT2D eigenvalue weighted by Crippen LogP contribution is -2.31. The smallest absolute Gasteiger partial charge is 0.119 e. The Hall–Kier alpha value is -1.42. The Kier molecular flexibility index (Phi) is 18.8. The first-order valence-corrected chi connectivity index (χ1v) is 22.3. The van der Waals surface area contributed by atoms with Gasteiger partial charge in [0, 0.05) is 34.5 Å². The molecule has 47 heavy (non-hydrogen) atoms. The predicted molar refractivity (Wildman–Crippen MR) is 222 cm³/mol. The molecule has 0 atom stereocenters. The van der Waals surface area contributed by atoms with Crippen LogP contribution in [0, 0.1) is 0 Å². The first-order chi connectivity index (χ1) is 23.3. The fourth-order valence-electron chi connectivity index (χ4n) is 5.45. The van der Waals surface area contributed by atoms with E-state index in [1.165, 1.54) is 45.3 Å². The predicted octanol–water partition coefficient (Wildman–Crippen LogP) is 10.4. The monoisotopic (exact) mass is 740 g/mol. The number of thiol groups is 2. The van der Waals surface area contributed by atoms with Crippen LogP contribution in [-0.4, -0.2) is 70.7 Å². The van der Waals surface area contributed by atoms with E-state index in [1.54, 1.807) is 0 Å². The molecule has 252 valence electrons. The molecule has 0 spiro atoms. The summed E-state index contributed by atoms with van der Waals surface area (Å²) in [6, 6.07) is 39.2. The highest BCUT2D eigenvalue weighted by Crippen LogP contribution is 2.45. The van der Waals surface area contributed by atoms with Crippen molar-refractivity contribution in [3.63, 3.8) is 0 Å². The number of thioether (sulfide) groups is 4. The molecular weight excluding hydrogens is 693 g/mol. The van der Waals surface area contributed by atoms with Crippen molar-refractivity contribution in [2.24, 2.45) is 0 Å². The van der Waals surface area contributed by atoms with Crippen molar-refractivity contribution in [1.82, 2.24) is 0 Å². The maximum atomic E-state index is 6.18. The Morgan fingerprint density at radius 1 is 0.404 bits per heavy atom. The van der Waals surface area contributed by atoms with E-state index >= 15 is 0 Å². The van der Waals surface area contributed by atoms with Crippen LogP contribution in [0.3, 0.4) is 0 Å². The number of ether oxygens (including phenoxy) is 2. The Bertz CT molecular complexity index is 1250. The molecule has 0 bridgehead atoms. The lowest BCUT2D eigenvalue weighted by molar-refractivity contribution is 0.318. The molecule has 4 rings (SSSR count). The largest absolute Gasteiger partial charge is 0.494 e. The van der Waals surface area contributed by atoms with Crippen LogP contribution < -0.4 is 9.47 Å². The lowest BCUT2D eigenvalue weighted by Gasteiger charge is -2.37. The summed E-state index contributed by atoms with van der Waals surface area (Å²) in [4.78, 5) is 0. The highest BCUT2D eigenvalue weighted by molar-refractivity contribution is 8.03. The van der Waals surface area contributed by atoms with E-state index < -0.39 is 5.41 Å². The van der Waals surface area contributed by atoms with E-state index in [2.05, 4.69) is 134 Å². The van der Waals surface area contributed by atoms with Crippen LogP contribution in [0.4, 0.5) is 0 Å². The van der Waals surface area contributed by atoms with Crippen molar-refractivity contribution < 1.29 is 9.47 Å². The lowest BCUT2D eigenvalue weighted by atomic mass is 9.65. The zero-order chi connectivity index (χ0) is 32.8. The normalized spacial score (nSPS) is 11.4. The summed E-state index contributed by atoms with van der Waals surface area (Å²) in [5.74, 6) is 13.0. The molecular formula is C39H48O2S6. The van der Waals surface area contributed by atoms with Crippen LogP contribution >= 0.6 is 72.3 Å². The van der Waals surface area contributed by atoms with Gasteiger partial charge in [-0.05, 0) is 82.4 Å². The Morgan fingerprint density at radius 2 is 0.745 bits per heavy atom. The van der Waals surface area contributed by atoms with Crippen molar-refractivity contribution in [1.29, 1.82) is 0 Å². The van der Waals surface area contributed by atoms with E-state index in [9.17, 15) is 0 Å². The van der Waals surface area contributed by atoms with Gasteiger partial charge < -0.3 is 9.47 Å². The first kappa shape index (κ1) is 38.4. The van der Waals surface area contributed by atoms with Gasteiger partial charge in [0.05, 0.1) is 18.6 Å². The van der Waals surface area contributed by atoms with Gasteiger partial charge in [-0.15, -0.1) is 0 Å². The van der Waals surface area contributed by atoms with Gasteiger partial charge >= 0.3 is 0 Å². The number of benzene rings is 4. The molecule has 0 aromatic heterocycles. The Labute approximate surface area is 311 Å². The Morgan fingerprint density at radius 3 is 1.11 bits per heavy atom. The SMILES string of the molecule is SCCSCCSCCCOc1ccc(C(c2ccccc2)(c2ccccc2)c2ccc(OCCCSCCSCCS)cc2)cc1. The average molecular weight is 741 g/mol. The molecule has 0 aliphatic heterocycles. The fourth-order valence-corrected chi connectivity index (χ4v) is 9.83. The van der Waals surface area contributed by atoms with Crippen LogP contribution in [0.2, 0.25) is 0 Å². The van der Waals surface area contributed by atoms with Gasteiger partial charge in [0.1, 0.15) is 11.5 Å². The molecule has 0 fully saturated rings. The highest BCUT2D eigenvalue weighted by Gasteiger charge is 2.38. The van der Waals surface area contributed by atoms with Crippen LogP contribution in [0.15, 0.2) is 109 Å². The minimum absolute atomic E-state index is 0.497. The van der Waals surface area contributed by atoms with E-state index in [0.717, 1.165) is 72.1 Å². The summed E-state index contributed by atoms with van der Waals surface area (Å²) in [5.41, 5.74) is 4.36. The molecule has 2 nitrogen and oxygen atoms in total. The minimum Gasteiger partial charge on any atom is -0.494 e. The zero-order valence-electron chi connectivity index (χ0n) is 27.1. The van der Waals surface area contributed by atoms with Gasteiger partial charge in [-0.1, -0.05) is 84.9 Å². The van der Waals surface area contributed by atoms with Gasteiger partial charge in [-0.2, -0.15) is 72.3 Å². The quantitative estimate of drug-likeness (QED) is 0.0420. The standard InChI is InChI=1S/C39H48O2S6/c42-23-27-46-31-29-44-25-7-21-40-37-17-13-35(14-18-37)39(33-9-3-1-4-10-33,34-11-5-2-6-12-34)36-15-19-38(20-16-36)41-22-8-26-45-30-32-47-28-24-43/h1-6,9-20,42-43H,7-8,21-32H2. The van der Waals surface area contributed by atoms with Crippen molar-refractivity contribution in [2.75, 3.05) is 70.7 Å². The summed E-state index contributed by atoms with van der Waals surface area (Å²) < 4.78 is 12.4. The van der Waals surface area contributed by atoms with Crippen LogP contribution in [0.1, 0.15) is 35.1 Å². The molecule has 8 heteroatoms. The van der Waals surface area contributed by atoms with Crippen molar-refractivity contribution in [2.45, 2.75) is 18.3 Å². The molecule has 4 aromatic carbocycles. The maximum absolute atomic E-state index is 6.18. The first-order valence-electron chi connectivity index (χ1n) is 16.4. The van der Waals surface area contributed by atoms with Crippen LogP contribution in [0.25, 0.3) is 0 Å². The van der Waals surface area contributed by atoms with E-state index in [4.69, 9.17) is 9.47 Å². The maximum Gasteiger partial charge on any atom is 0.119 e. The van der Waals surface area contributed by atoms with Crippen molar-refractivity contribution in [3.8, 4) is 11.5 Å². The summed E-state index contributed by atoms with van der Waals surface area (Å²) in [7, 11) is 0. The average Bonchev–Trinajstić information content (AvgIpc) is 3.12. The minimum atomic E-state index is -0.497. The molecule has 0 saturated heterocycles. The van der Waals surface area contributed by atoms with Gasteiger partial charge in [0.15, 0.2) is 0 Å². The molecule has 0 saturated carbocycles. The second-order valence-electron chi connectivity index (χ2n) is 10.8. The third-order valence-electron chi connectivity index (χ3n) is 7.61. The summed E-state index contributed by atoms with van der Waals surface area (Å²) >= 11 is 16.6. The molecule has 0 N–H and O–H groups in total. The molecule has 0 aliphatic carbocycles. The van der Waals surface area contributed by atoms with Gasteiger partial charge in [-0.25, -0.2) is 0 Å². The van der Waals surface area contributed by atoms with E-state index in [-0.39, 0.29) is 0 Å². The van der Waals surface area contributed by atoms with Crippen LogP contribution in [-0.2, 0) is 5.41 Å². The third-order valence-corrected chi connectivity index (χ3v) is 13.3. The molecule has 4 aromatic rings. The summed E-state index contributed by atoms with van der Waals surface area (Å²) in [6.07, 6.45) is 2.09. The summed E-state index contributed by atoms with van der Waals surface area (Å²) in [5, 5.41) is 0. The van der Waals surface area contributed by atoms with Crippen LogP contribution in [0.5, 0.6) is 11.5 Å². The number of hydrogen-bond acceptors (Lipinski definition) is 8. The fraction of sp³-hybridized carbons (Fsp3) is 0.385. The zero-order valence-corrected chi connectivity index (χ0v) is 32.2. The second kappa shape index (κ2) is 23.1. The van der Waals surface area contributed by atoms with Gasteiger partial charge in [0.25, 0.3) is 0 Å². The number of rotatable bonds is 24.